The third-order valence-corrected chi connectivity index (χ3v) is 4.57. The van der Waals surface area contributed by atoms with E-state index in [1.165, 1.54) is 24.3 Å². The third kappa shape index (κ3) is 3.80. The first-order chi connectivity index (χ1) is 14.6. The molecule has 0 bridgehead atoms. The summed E-state index contributed by atoms with van der Waals surface area (Å²) in [7, 11) is 0. The lowest BCUT2D eigenvalue weighted by Crippen LogP contribution is -2.14. The summed E-state index contributed by atoms with van der Waals surface area (Å²) in [6.07, 6.45) is 0. The minimum atomic E-state index is -0.451. The van der Waals surface area contributed by atoms with Gasteiger partial charge in [0.2, 0.25) is 5.78 Å². The van der Waals surface area contributed by atoms with E-state index in [0.29, 0.717) is 28.9 Å². The smallest absolute Gasteiger partial charge is 0.255 e. The maximum atomic E-state index is 13.2. The van der Waals surface area contributed by atoms with E-state index < -0.39 is 17.5 Å². The monoisotopic (exact) mass is 403 g/mol. The van der Waals surface area contributed by atoms with E-state index in [9.17, 15) is 14.0 Å². The number of fused-ring (bicyclic) bond motifs is 1. The van der Waals surface area contributed by atoms with Gasteiger partial charge in [-0.2, -0.15) is 0 Å². The molecule has 0 fully saturated rings. The largest absolute Gasteiger partial charge is 0.494 e. The molecule has 5 nitrogen and oxygen atoms in total. The van der Waals surface area contributed by atoms with E-state index >= 15 is 0 Å². The second-order valence-corrected chi connectivity index (χ2v) is 6.55. The number of benzene rings is 3. The molecule has 150 valence electrons. The highest BCUT2D eigenvalue weighted by Crippen LogP contribution is 2.33. The third-order valence-electron chi connectivity index (χ3n) is 4.57. The number of rotatable bonds is 6. The molecule has 0 aliphatic carbocycles. The molecule has 1 heterocycles. The van der Waals surface area contributed by atoms with E-state index in [0.717, 1.165) is 0 Å². The molecular weight excluding hydrogens is 385 g/mol. The number of amides is 1. The van der Waals surface area contributed by atoms with E-state index in [1.807, 2.05) is 6.92 Å². The fourth-order valence-corrected chi connectivity index (χ4v) is 3.12. The predicted molar refractivity (Wildman–Crippen MR) is 112 cm³/mol. The molecule has 30 heavy (non-hydrogen) atoms. The number of halogens is 1. The van der Waals surface area contributed by atoms with Crippen molar-refractivity contribution < 1.29 is 23.1 Å². The Labute approximate surface area is 172 Å². The van der Waals surface area contributed by atoms with Crippen LogP contribution < -0.4 is 10.1 Å². The van der Waals surface area contributed by atoms with Crippen LogP contribution in [-0.2, 0) is 0 Å². The van der Waals surface area contributed by atoms with Crippen molar-refractivity contribution in [2.24, 2.45) is 0 Å². The first-order valence-corrected chi connectivity index (χ1v) is 9.43. The van der Waals surface area contributed by atoms with Crippen LogP contribution in [0.1, 0.15) is 33.4 Å². The summed E-state index contributed by atoms with van der Waals surface area (Å²) in [6, 6.07) is 18.9. The van der Waals surface area contributed by atoms with Crippen LogP contribution in [0.4, 0.5) is 10.1 Å². The van der Waals surface area contributed by atoms with Crippen molar-refractivity contribution in [2.75, 3.05) is 11.9 Å². The lowest BCUT2D eigenvalue weighted by atomic mass is 10.1. The first-order valence-electron chi connectivity index (χ1n) is 9.43. The van der Waals surface area contributed by atoms with Crippen LogP contribution in [0.15, 0.2) is 77.2 Å². The fourth-order valence-electron chi connectivity index (χ4n) is 3.12. The minimum absolute atomic E-state index is 0.0119. The van der Waals surface area contributed by atoms with Gasteiger partial charge >= 0.3 is 0 Å². The molecule has 1 amide bonds. The summed E-state index contributed by atoms with van der Waals surface area (Å²) in [5.74, 6) is -0.636. The molecule has 0 saturated carbocycles. The topological polar surface area (TPSA) is 68.5 Å². The van der Waals surface area contributed by atoms with Gasteiger partial charge in [-0.1, -0.05) is 12.1 Å². The van der Waals surface area contributed by atoms with Crippen LogP contribution in [0.25, 0.3) is 11.0 Å². The van der Waals surface area contributed by atoms with Gasteiger partial charge in [-0.15, -0.1) is 0 Å². The van der Waals surface area contributed by atoms with Crippen molar-refractivity contribution >= 4 is 28.3 Å². The maximum Gasteiger partial charge on any atom is 0.255 e. The molecule has 0 unspecified atom stereocenters. The van der Waals surface area contributed by atoms with Crippen molar-refractivity contribution in [1.29, 1.82) is 0 Å². The summed E-state index contributed by atoms with van der Waals surface area (Å²) in [6.45, 7) is 2.41. The molecule has 0 radical (unpaired) electrons. The van der Waals surface area contributed by atoms with E-state index in [4.69, 9.17) is 9.15 Å². The summed E-state index contributed by atoms with van der Waals surface area (Å²) in [5.41, 5.74) is 1.40. The quantitative estimate of drug-likeness (QED) is 0.435. The van der Waals surface area contributed by atoms with Crippen LogP contribution >= 0.6 is 0 Å². The van der Waals surface area contributed by atoms with Crippen molar-refractivity contribution in [3.8, 4) is 5.75 Å². The number of ether oxygens (including phenoxy) is 1. The van der Waals surface area contributed by atoms with Crippen LogP contribution in [-0.4, -0.2) is 18.3 Å². The normalized spacial score (nSPS) is 10.7. The predicted octanol–water partition coefficient (Wildman–Crippen LogP) is 5.45. The molecular formula is C24H18FNO4. The summed E-state index contributed by atoms with van der Waals surface area (Å²) in [5, 5.41) is 3.39. The lowest BCUT2D eigenvalue weighted by molar-refractivity contribution is 0.101. The molecule has 1 aromatic heterocycles. The zero-order chi connectivity index (χ0) is 21.1. The molecule has 4 rings (SSSR count). The Morgan fingerprint density at radius 2 is 1.60 bits per heavy atom. The molecule has 3 aromatic carbocycles. The van der Waals surface area contributed by atoms with Crippen molar-refractivity contribution in [2.45, 2.75) is 6.92 Å². The van der Waals surface area contributed by atoms with Gasteiger partial charge < -0.3 is 14.5 Å². The number of para-hydroxylation sites is 1. The molecule has 0 aliphatic heterocycles. The van der Waals surface area contributed by atoms with Crippen molar-refractivity contribution in [1.82, 2.24) is 0 Å². The number of hydrogen-bond donors (Lipinski definition) is 1. The molecule has 0 spiro atoms. The van der Waals surface area contributed by atoms with E-state index in [1.54, 1.807) is 48.5 Å². The number of ketones is 1. The Morgan fingerprint density at radius 1 is 0.933 bits per heavy atom. The van der Waals surface area contributed by atoms with Crippen LogP contribution in [0.5, 0.6) is 5.75 Å². The van der Waals surface area contributed by atoms with Gasteiger partial charge in [0.15, 0.2) is 5.76 Å². The van der Waals surface area contributed by atoms with Gasteiger partial charge in [-0.05, 0) is 67.6 Å². The van der Waals surface area contributed by atoms with Gasteiger partial charge in [0.05, 0.1) is 12.3 Å². The van der Waals surface area contributed by atoms with Gasteiger partial charge in [-0.3, -0.25) is 9.59 Å². The van der Waals surface area contributed by atoms with Gasteiger partial charge in [-0.25, -0.2) is 4.39 Å². The average molecular weight is 403 g/mol. The second-order valence-electron chi connectivity index (χ2n) is 6.55. The molecule has 0 atom stereocenters. The molecule has 6 heteroatoms. The SMILES string of the molecule is CCOc1ccc(C(=O)Nc2c(C(=O)c3ccc(F)cc3)oc3ccccc23)cc1. The maximum absolute atomic E-state index is 13.2. The number of nitrogens with one attached hydrogen (secondary N) is 1. The summed E-state index contributed by atoms with van der Waals surface area (Å²) >= 11 is 0. The fraction of sp³-hybridized carbons (Fsp3) is 0.0833. The molecule has 1 N–H and O–H groups in total. The van der Waals surface area contributed by atoms with Crippen LogP contribution in [0.2, 0.25) is 0 Å². The van der Waals surface area contributed by atoms with Gasteiger partial charge in [0, 0.05) is 16.5 Å². The number of furan rings is 1. The Hall–Kier alpha value is -3.93. The Morgan fingerprint density at radius 3 is 2.30 bits per heavy atom. The number of anilines is 1. The zero-order valence-electron chi connectivity index (χ0n) is 16.1. The highest BCUT2D eigenvalue weighted by Gasteiger charge is 2.23. The van der Waals surface area contributed by atoms with Gasteiger partial charge in [0.25, 0.3) is 5.91 Å². The van der Waals surface area contributed by atoms with E-state index in [-0.39, 0.29) is 17.0 Å². The molecule has 0 aliphatic rings. The van der Waals surface area contributed by atoms with Crippen molar-refractivity contribution in [3.05, 3.63) is 95.5 Å². The van der Waals surface area contributed by atoms with Crippen molar-refractivity contribution in [3.63, 3.8) is 0 Å². The van der Waals surface area contributed by atoms with Crippen LogP contribution in [0.3, 0.4) is 0 Å². The number of carbonyl (C=O) groups is 2. The highest BCUT2D eigenvalue weighted by molar-refractivity contribution is 6.18. The second kappa shape index (κ2) is 8.21. The summed E-state index contributed by atoms with van der Waals surface area (Å²) in [4.78, 5) is 25.8. The minimum Gasteiger partial charge on any atom is -0.494 e. The standard InChI is InChI=1S/C24H18FNO4/c1-2-29-18-13-9-16(10-14-18)24(28)26-21-19-5-3-4-6-20(19)30-23(21)22(27)15-7-11-17(25)12-8-15/h3-14H,2H2,1H3,(H,26,28). The Kier molecular flexibility index (Phi) is 5.30. The van der Waals surface area contributed by atoms with Gasteiger partial charge in [0.1, 0.15) is 17.1 Å². The number of carbonyl (C=O) groups excluding carboxylic acids is 2. The summed E-state index contributed by atoms with van der Waals surface area (Å²) < 4.78 is 24.4. The zero-order valence-corrected chi connectivity index (χ0v) is 16.1. The first kappa shape index (κ1) is 19.4. The molecule has 0 saturated heterocycles. The average Bonchev–Trinajstić information content (AvgIpc) is 3.13. The lowest BCUT2D eigenvalue weighted by Gasteiger charge is -2.07. The van der Waals surface area contributed by atoms with E-state index in [2.05, 4.69) is 5.32 Å². The highest BCUT2D eigenvalue weighted by atomic mass is 19.1. The number of hydrogen-bond acceptors (Lipinski definition) is 4. The Balaban J connectivity index is 1.70. The molecule has 4 aromatic rings. The Bertz CT molecular complexity index is 1210. The van der Waals surface area contributed by atoms with Crippen LogP contribution in [0, 0.1) is 5.82 Å².